The van der Waals surface area contributed by atoms with Gasteiger partial charge in [-0.3, -0.25) is 19.6 Å². The molecule has 0 fully saturated rings. The van der Waals surface area contributed by atoms with Crippen LogP contribution in [0.15, 0.2) is 73.6 Å². The molecule has 0 unspecified atom stereocenters. The van der Waals surface area contributed by atoms with Crippen LogP contribution in [-0.2, 0) is 6.61 Å². The summed E-state index contributed by atoms with van der Waals surface area (Å²) in [5, 5.41) is 18.0. The van der Waals surface area contributed by atoms with Gasteiger partial charge in [0.25, 0.3) is 5.91 Å². The molecule has 3 N–H and O–H groups in total. The van der Waals surface area contributed by atoms with E-state index in [2.05, 4.69) is 26.8 Å². The highest BCUT2D eigenvalue weighted by Crippen LogP contribution is 2.26. The van der Waals surface area contributed by atoms with Crippen molar-refractivity contribution < 1.29 is 15.1 Å². The third-order valence-electron chi connectivity index (χ3n) is 4.51. The van der Waals surface area contributed by atoms with Gasteiger partial charge in [0.2, 0.25) is 0 Å². The Balaban J connectivity index is 1.66. The van der Waals surface area contributed by atoms with Gasteiger partial charge in [0.15, 0.2) is 0 Å². The van der Waals surface area contributed by atoms with Crippen molar-refractivity contribution in [1.82, 2.24) is 25.0 Å². The smallest absolute Gasteiger partial charge is 0.276 e. The van der Waals surface area contributed by atoms with Gasteiger partial charge in [0.1, 0.15) is 12.1 Å². The Morgan fingerprint density at radius 2 is 1.81 bits per heavy atom. The standard InChI is InChI=1S/C23H17N5O3/c29-14-20-8-5-17(12-25-20)2-1-16-3-6-18(7-4-16)21-11-19(23(30)27-31)13-26-22(21)28-10-9-24-15-28/h3-13,15,29,31H,14H2,(H,27,30). The third-order valence-corrected chi connectivity index (χ3v) is 4.51. The average Bonchev–Trinajstić information content (AvgIpc) is 3.37. The van der Waals surface area contributed by atoms with E-state index in [-0.39, 0.29) is 12.2 Å². The van der Waals surface area contributed by atoms with Crippen LogP contribution in [0, 0.1) is 11.8 Å². The van der Waals surface area contributed by atoms with Crippen molar-refractivity contribution in [2.24, 2.45) is 0 Å². The second kappa shape index (κ2) is 9.00. The predicted molar refractivity (Wildman–Crippen MR) is 112 cm³/mol. The monoisotopic (exact) mass is 411 g/mol. The quantitative estimate of drug-likeness (QED) is 0.270. The molecule has 0 saturated heterocycles. The van der Waals surface area contributed by atoms with Crippen LogP contribution in [0.4, 0.5) is 0 Å². The lowest BCUT2D eigenvalue weighted by Crippen LogP contribution is -2.19. The Bertz CT molecular complexity index is 1260. The van der Waals surface area contributed by atoms with E-state index in [0.717, 1.165) is 16.7 Å². The lowest BCUT2D eigenvalue weighted by molar-refractivity contribution is 0.0706. The molecule has 3 aromatic heterocycles. The molecule has 1 aromatic carbocycles. The Kier molecular flexibility index (Phi) is 5.80. The molecular formula is C23H17N5O3. The minimum absolute atomic E-state index is 0.105. The fraction of sp³-hybridized carbons (Fsp3) is 0.0435. The number of hydrogen-bond acceptors (Lipinski definition) is 6. The summed E-state index contributed by atoms with van der Waals surface area (Å²) in [6, 6.07) is 12.7. The first-order valence-corrected chi connectivity index (χ1v) is 9.29. The normalized spacial score (nSPS) is 10.3. The van der Waals surface area contributed by atoms with Crippen LogP contribution < -0.4 is 5.48 Å². The number of aliphatic hydroxyl groups excluding tert-OH is 1. The van der Waals surface area contributed by atoms with E-state index >= 15 is 0 Å². The fourth-order valence-corrected chi connectivity index (χ4v) is 2.92. The number of hydrogen-bond donors (Lipinski definition) is 3. The van der Waals surface area contributed by atoms with Crippen molar-refractivity contribution in [2.75, 3.05) is 0 Å². The SMILES string of the molecule is O=C(NO)c1cnc(-n2ccnc2)c(-c2ccc(C#Cc3ccc(CO)nc3)cc2)c1. The Hall–Kier alpha value is -4.32. The maximum Gasteiger partial charge on any atom is 0.276 e. The van der Waals surface area contributed by atoms with Gasteiger partial charge in [-0.1, -0.05) is 24.0 Å². The summed E-state index contributed by atoms with van der Waals surface area (Å²) in [4.78, 5) is 24.4. The molecule has 0 aliphatic rings. The minimum atomic E-state index is -0.644. The number of nitrogens with zero attached hydrogens (tertiary/aromatic N) is 4. The van der Waals surface area contributed by atoms with Gasteiger partial charge in [-0.2, -0.15) is 0 Å². The van der Waals surface area contributed by atoms with Gasteiger partial charge < -0.3 is 5.11 Å². The molecule has 0 aliphatic carbocycles. The highest BCUT2D eigenvalue weighted by molar-refractivity contribution is 5.95. The van der Waals surface area contributed by atoms with Gasteiger partial charge in [-0.05, 0) is 35.9 Å². The summed E-state index contributed by atoms with van der Waals surface area (Å²) < 4.78 is 1.74. The van der Waals surface area contributed by atoms with E-state index in [1.807, 2.05) is 24.3 Å². The number of benzene rings is 1. The number of rotatable bonds is 4. The molecule has 4 aromatic rings. The van der Waals surface area contributed by atoms with E-state index in [4.69, 9.17) is 10.3 Å². The highest BCUT2D eigenvalue weighted by Gasteiger charge is 2.13. The molecule has 4 rings (SSSR count). The zero-order valence-corrected chi connectivity index (χ0v) is 16.2. The van der Waals surface area contributed by atoms with E-state index in [0.29, 0.717) is 17.1 Å². The zero-order valence-electron chi connectivity index (χ0n) is 16.2. The molecule has 8 nitrogen and oxygen atoms in total. The first-order valence-electron chi connectivity index (χ1n) is 9.29. The summed E-state index contributed by atoms with van der Waals surface area (Å²) in [7, 11) is 0. The van der Waals surface area contributed by atoms with E-state index in [1.165, 1.54) is 6.20 Å². The third kappa shape index (κ3) is 4.48. The molecule has 0 spiro atoms. The maximum absolute atomic E-state index is 11.9. The van der Waals surface area contributed by atoms with Crippen LogP contribution in [0.5, 0.6) is 0 Å². The molecule has 1 amide bonds. The van der Waals surface area contributed by atoms with Crippen molar-refractivity contribution in [3.8, 4) is 28.8 Å². The van der Waals surface area contributed by atoms with Crippen LogP contribution in [0.25, 0.3) is 16.9 Å². The number of nitrogens with one attached hydrogen (secondary N) is 1. The Morgan fingerprint density at radius 1 is 1.03 bits per heavy atom. The second-order valence-corrected chi connectivity index (χ2v) is 6.53. The summed E-state index contributed by atoms with van der Waals surface area (Å²) in [6.45, 7) is -0.105. The highest BCUT2D eigenvalue weighted by atomic mass is 16.5. The summed E-state index contributed by atoms with van der Waals surface area (Å²) in [5.41, 5.74) is 5.51. The van der Waals surface area contributed by atoms with Crippen molar-refractivity contribution >= 4 is 5.91 Å². The number of aromatic nitrogens is 4. The molecule has 3 heterocycles. The van der Waals surface area contributed by atoms with Crippen LogP contribution in [0.2, 0.25) is 0 Å². The van der Waals surface area contributed by atoms with E-state index < -0.39 is 5.91 Å². The number of imidazole rings is 1. The first-order chi connectivity index (χ1) is 15.2. The minimum Gasteiger partial charge on any atom is -0.390 e. The van der Waals surface area contributed by atoms with E-state index in [9.17, 15) is 4.79 Å². The first kappa shape index (κ1) is 20.0. The van der Waals surface area contributed by atoms with Gasteiger partial charge in [0, 0.05) is 41.5 Å². The number of carbonyl (C=O) groups excluding carboxylic acids is 1. The van der Waals surface area contributed by atoms with Gasteiger partial charge in [-0.25, -0.2) is 15.4 Å². The molecule has 0 aliphatic heterocycles. The van der Waals surface area contributed by atoms with Gasteiger partial charge >= 0.3 is 0 Å². The molecule has 0 saturated carbocycles. The predicted octanol–water partition coefficient (Wildman–Crippen LogP) is 2.34. The van der Waals surface area contributed by atoms with Crippen molar-refractivity contribution in [3.05, 3.63) is 96.0 Å². The van der Waals surface area contributed by atoms with Crippen molar-refractivity contribution in [1.29, 1.82) is 0 Å². The molecular weight excluding hydrogens is 394 g/mol. The summed E-state index contributed by atoms with van der Waals surface area (Å²) in [6.07, 6.45) is 8.02. The fourth-order valence-electron chi connectivity index (χ4n) is 2.92. The second-order valence-electron chi connectivity index (χ2n) is 6.53. The number of carbonyl (C=O) groups is 1. The van der Waals surface area contributed by atoms with Crippen LogP contribution in [-0.4, -0.2) is 35.7 Å². The lowest BCUT2D eigenvalue weighted by Gasteiger charge is -2.11. The molecule has 152 valence electrons. The Labute approximate surface area is 177 Å². The molecule has 8 heteroatoms. The molecule has 0 atom stereocenters. The zero-order chi connectivity index (χ0) is 21.6. The molecule has 0 bridgehead atoms. The number of hydroxylamine groups is 1. The van der Waals surface area contributed by atoms with Gasteiger partial charge in [0.05, 0.1) is 17.9 Å². The van der Waals surface area contributed by atoms with Crippen LogP contribution in [0.1, 0.15) is 27.2 Å². The van der Waals surface area contributed by atoms with Crippen LogP contribution in [0.3, 0.4) is 0 Å². The largest absolute Gasteiger partial charge is 0.390 e. The summed E-state index contributed by atoms with van der Waals surface area (Å²) >= 11 is 0. The maximum atomic E-state index is 11.9. The number of pyridine rings is 2. The Morgan fingerprint density at radius 3 is 2.45 bits per heavy atom. The topological polar surface area (TPSA) is 113 Å². The lowest BCUT2D eigenvalue weighted by atomic mass is 10.0. The summed E-state index contributed by atoms with van der Waals surface area (Å²) in [5.74, 6) is 6.07. The number of aliphatic hydroxyl groups is 1. The van der Waals surface area contributed by atoms with Crippen molar-refractivity contribution in [2.45, 2.75) is 6.61 Å². The molecule has 0 radical (unpaired) electrons. The van der Waals surface area contributed by atoms with Crippen molar-refractivity contribution in [3.63, 3.8) is 0 Å². The van der Waals surface area contributed by atoms with Gasteiger partial charge in [-0.15, -0.1) is 0 Å². The average molecular weight is 411 g/mol. The molecule has 31 heavy (non-hydrogen) atoms. The number of amides is 1. The van der Waals surface area contributed by atoms with E-state index in [1.54, 1.807) is 53.2 Å². The van der Waals surface area contributed by atoms with Crippen LogP contribution >= 0.6 is 0 Å².